The van der Waals surface area contributed by atoms with E-state index < -0.39 is 33.5 Å². The molecule has 0 spiro atoms. The molecular formula is C23H24F4N4O3S. The van der Waals surface area contributed by atoms with E-state index >= 15 is 0 Å². The van der Waals surface area contributed by atoms with Crippen LogP contribution in [-0.2, 0) is 16.2 Å². The molecule has 35 heavy (non-hydrogen) atoms. The number of piperazine rings is 1. The molecule has 3 fully saturated rings. The Hall–Kier alpha value is -2.89. The predicted molar refractivity (Wildman–Crippen MR) is 121 cm³/mol. The normalized spacial score (nSPS) is 20.4. The zero-order valence-corrected chi connectivity index (χ0v) is 19.6. The Kier molecular flexibility index (Phi) is 5.89. The van der Waals surface area contributed by atoms with Crippen molar-refractivity contribution in [3.8, 4) is 0 Å². The van der Waals surface area contributed by atoms with Crippen LogP contribution in [0.25, 0.3) is 0 Å². The van der Waals surface area contributed by atoms with Gasteiger partial charge in [-0.15, -0.1) is 0 Å². The van der Waals surface area contributed by atoms with E-state index in [9.17, 15) is 30.8 Å². The maximum atomic E-state index is 14.8. The molecule has 1 aromatic heterocycles. The lowest BCUT2D eigenvalue weighted by molar-refractivity contribution is -0.137. The molecule has 0 N–H and O–H groups in total. The van der Waals surface area contributed by atoms with Gasteiger partial charge < -0.3 is 9.80 Å². The second-order valence-electron chi connectivity index (χ2n) is 9.09. The molecule has 0 radical (unpaired) electrons. The lowest BCUT2D eigenvalue weighted by Crippen LogP contribution is -2.49. The Bertz CT molecular complexity index is 1260. The van der Waals surface area contributed by atoms with E-state index in [0.29, 0.717) is 30.9 Å². The number of hydrogen-bond donors (Lipinski definition) is 0. The second-order valence-corrected chi connectivity index (χ2v) is 11.1. The van der Waals surface area contributed by atoms with Crippen LogP contribution in [0.4, 0.5) is 29.1 Å². The quantitative estimate of drug-likeness (QED) is 0.586. The molecule has 188 valence electrons. The lowest BCUT2D eigenvalue weighted by Gasteiger charge is -2.36. The molecule has 2 saturated heterocycles. The topological polar surface area (TPSA) is 73.8 Å². The van der Waals surface area contributed by atoms with E-state index in [-0.39, 0.29) is 42.6 Å². The highest BCUT2D eigenvalue weighted by Crippen LogP contribution is 2.45. The molecule has 5 rings (SSSR count). The Morgan fingerprint density at radius 2 is 1.74 bits per heavy atom. The highest BCUT2D eigenvalue weighted by molar-refractivity contribution is 7.93. The fourth-order valence-corrected chi connectivity index (χ4v) is 6.20. The number of sulfonamides is 1. The number of anilines is 2. The highest BCUT2D eigenvalue weighted by Gasteiger charge is 2.36. The van der Waals surface area contributed by atoms with Gasteiger partial charge in [-0.3, -0.25) is 9.10 Å². The predicted octanol–water partition coefficient (Wildman–Crippen LogP) is 3.62. The number of hydrogen-bond acceptors (Lipinski definition) is 5. The molecule has 0 atom stereocenters. The minimum absolute atomic E-state index is 0.00975. The van der Waals surface area contributed by atoms with Gasteiger partial charge in [-0.1, -0.05) is 0 Å². The first-order valence-corrected chi connectivity index (χ1v) is 13.1. The largest absolute Gasteiger partial charge is 0.417 e. The van der Waals surface area contributed by atoms with Crippen molar-refractivity contribution in [3.05, 3.63) is 53.0 Å². The monoisotopic (exact) mass is 512 g/mol. The summed E-state index contributed by atoms with van der Waals surface area (Å²) in [5.74, 6) is -0.727. The molecule has 3 heterocycles. The molecule has 1 aromatic carbocycles. The fraction of sp³-hybridized carbons (Fsp3) is 0.478. The highest BCUT2D eigenvalue weighted by atomic mass is 32.2. The van der Waals surface area contributed by atoms with Crippen LogP contribution in [0.5, 0.6) is 0 Å². The average molecular weight is 513 g/mol. The molecule has 0 unspecified atom stereocenters. The summed E-state index contributed by atoms with van der Waals surface area (Å²) < 4.78 is 79.6. The third kappa shape index (κ3) is 4.67. The Morgan fingerprint density at radius 1 is 1.03 bits per heavy atom. The molecule has 3 aliphatic rings. The van der Waals surface area contributed by atoms with Crippen LogP contribution in [-0.4, -0.2) is 62.7 Å². The van der Waals surface area contributed by atoms with E-state index in [1.807, 2.05) is 4.90 Å². The van der Waals surface area contributed by atoms with Crippen LogP contribution in [0.15, 0.2) is 30.5 Å². The molecule has 2 aliphatic heterocycles. The van der Waals surface area contributed by atoms with E-state index in [4.69, 9.17) is 0 Å². The standard InChI is InChI=1S/C23H24F4N4O3S/c24-20-13-17(31-6-1-11-35(31,33)34)4-5-18(20)22(32)30-9-7-29(8-10-30)21-19(15-2-3-15)12-16(14-28-21)23(25,26)27/h4-5,12-15H,1-3,6-11H2. The fourth-order valence-electron chi connectivity index (χ4n) is 4.64. The van der Waals surface area contributed by atoms with Gasteiger partial charge in [0.2, 0.25) is 10.0 Å². The molecule has 7 nitrogen and oxygen atoms in total. The van der Waals surface area contributed by atoms with Gasteiger partial charge in [0, 0.05) is 38.9 Å². The molecule has 2 aromatic rings. The third-order valence-electron chi connectivity index (χ3n) is 6.68. The first kappa shape index (κ1) is 23.8. The summed E-state index contributed by atoms with van der Waals surface area (Å²) in [5.41, 5.74) is -0.136. The second kappa shape index (κ2) is 8.65. The summed E-state index contributed by atoms with van der Waals surface area (Å²) in [6.45, 7) is 1.50. The number of benzene rings is 1. The van der Waals surface area contributed by atoms with Gasteiger partial charge in [0.15, 0.2) is 0 Å². The number of carbonyl (C=O) groups is 1. The average Bonchev–Trinajstić information content (AvgIpc) is 3.60. The first-order valence-electron chi connectivity index (χ1n) is 11.5. The van der Waals surface area contributed by atoms with Crippen LogP contribution in [0.2, 0.25) is 0 Å². The summed E-state index contributed by atoms with van der Waals surface area (Å²) >= 11 is 0. The van der Waals surface area contributed by atoms with Gasteiger partial charge >= 0.3 is 6.18 Å². The van der Waals surface area contributed by atoms with Gasteiger partial charge in [-0.25, -0.2) is 17.8 Å². The van der Waals surface area contributed by atoms with Crippen molar-refractivity contribution in [3.63, 3.8) is 0 Å². The molecule has 1 aliphatic carbocycles. The number of aromatic nitrogens is 1. The van der Waals surface area contributed by atoms with Crippen molar-refractivity contribution in [1.82, 2.24) is 9.88 Å². The maximum absolute atomic E-state index is 14.8. The smallest absolute Gasteiger partial charge is 0.353 e. The summed E-state index contributed by atoms with van der Waals surface area (Å²) in [5, 5.41) is 0. The van der Waals surface area contributed by atoms with E-state index in [0.717, 1.165) is 29.4 Å². The lowest BCUT2D eigenvalue weighted by atomic mass is 10.1. The number of pyridine rings is 1. The van der Waals surface area contributed by atoms with Gasteiger partial charge in [-0.2, -0.15) is 13.2 Å². The van der Waals surface area contributed by atoms with Crippen LogP contribution < -0.4 is 9.21 Å². The number of halogens is 4. The Labute approximate surface area is 200 Å². The zero-order valence-electron chi connectivity index (χ0n) is 18.8. The molecule has 0 bridgehead atoms. The summed E-state index contributed by atoms with van der Waals surface area (Å²) in [7, 11) is -3.46. The first-order chi connectivity index (χ1) is 16.5. The number of amides is 1. The number of alkyl halides is 3. The van der Waals surface area contributed by atoms with Crippen LogP contribution in [0.3, 0.4) is 0 Å². The van der Waals surface area contributed by atoms with Crippen molar-refractivity contribution in [2.75, 3.05) is 47.7 Å². The number of nitrogens with zero attached hydrogens (tertiary/aromatic N) is 4. The van der Waals surface area contributed by atoms with Gasteiger partial charge in [0.1, 0.15) is 11.6 Å². The van der Waals surface area contributed by atoms with Crippen molar-refractivity contribution in [2.45, 2.75) is 31.4 Å². The van der Waals surface area contributed by atoms with Crippen LogP contribution in [0.1, 0.15) is 46.7 Å². The van der Waals surface area contributed by atoms with Crippen LogP contribution >= 0.6 is 0 Å². The maximum Gasteiger partial charge on any atom is 0.417 e. The van der Waals surface area contributed by atoms with Crippen LogP contribution in [0, 0.1) is 5.82 Å². The minimum atomic E-state index is -4.46. The Morgan fingerprint density at radius 3 is 2.31 bits per heavy atom. The van der Waals surface area contributed by atoms with Gasteiger partial charge in [0.05, 0.1) is 22.6 Å². The zero-order chi connectivity index (χ0) is 25.0. The summed E-state index contributed by atoms with van der Waals surface area (Å²) in [6, 6.07) is 4.98. The van der Waals surface area contributed by atoms with E-state index in [1.54, 1.807) is 0 Å². The van der Waals surface area contributed by atoms with Gasteiger partial charge in [0.25, 0.3) is 5.91 Å². The minimum Gasteiger partial charge on any atom is -0.353 e. The van der Waals surface area contributed by atoms with Crippen molar-refractivity contribution >= 4 is 27.4 Å². The Balaban J connectivity index is 1.28. The molecule has 12 heteroatoms. The van der Waals surface area contributed by atoms with E-state index in [1.165, 1.54) is 23.1 Å². The van der Waals surface area contributed by atoms with Crippen molar-refractivity contribution in [1.29, 1.82) is 0 Å². The third-order valence-corrected chi connectivity index (χ3v) is 8.55. The SMILES string of the molecule is O=C(c1ccc(N2CCCS2(=O)=O)cc1F)N1CCN(c2ncc(C(F)(F)F)cc2C2CC2)CC1. The van der Waals surface area contributed by atoms with Crippen molar-refractivity contribution in [2.24, 2.45) is 0 Å². The molecule has 1 amide bonds. The summed E-state index contributed by atoms with van der Waals surface area (Å²) in [6.07, 6.45) is -1.51. The van der Waals surface area contributed by atoms with E-state index in [2.05, 4.69) is 4.98 Å². The van der Waals surface area contributed by atoms with Crippen molar-refractivity contribution < 1.29 is 30.8 Å². The number of rotatable bonds is 4. The molecular weight excluding hydrogens is 488 g/mol. The van der Waals surface area contributed by atoms with Gasteiger partial charge in [-0.05, 0) is 55.0 Å². The summed E-state index contributed by atoms with van der Waals surface area (Å²) in [4.78, 5) is 20.4. The number of carbonyl (C=O) groups excluding carboxylic acids is 1. The molecule has 1 saturated carbocycles.